The zero-order chi connectivity index (χ0) is 13.2. The van der Waals surface area contributed by atoms with E-state index in [1.165, 1.54) is 0 Å². The number of ether oxygens (including phenoxy) is 2. The second-order valence-corrected chi connectivity index (χ2v) is 5.06. The molecule has 19 heavy (non-hydrogen) atoms. The molecule has 1 aliphatic rings. The van der Waals surface area contributed by atoms with Gasteiger partial charge in [-0.3, -0.25) is 4.98 Å². The molecule has 0 aliphatic carbocycles. The predicted molar refractivity (Wildman–Crippen MR) is 75.9 cm³/mol. The molecule has 1 aromatic heterocycles. The summed E-state index contributed by atoms with van der Waals surface area (Å²) in [4.78, 5) is 4.68. The van der Waals surface area contributed by atoms with Crippen LogP contribution in [0, 0.1) is 0 Å². The van der Waals surface area contributed by atoms with Crippen molar-refractivity contribution in [2.45, 2.75) is 26.4 Å². The number of benzene rings is 1. The molecule has 0 saturated heterocycles. The lowest BCUT2D eigenvalue weighted by molar-refractivity contribution is 0.109. The standard InChI is InChI=1S/C15H16ClNO2/c1-2-6-19-10-3-4-13-11(8-10)15(16)12-9-18-7-5-14(12)17-13/h3-4,8H,2,5-7,9H2,1H3. The maximum absolute atomic E-state index is 6.49. The Balaban J connectivity index is 2.09. The van der Waals surface area contributed by atoms with Gasteiger partial charge in [-0.1, -0.05) is 18.5 Å². The van der Waals surface area contributed by atoms with E-state index >= 15 is 0 Å². The Morgan fingerprint density at radius 2 is 2.32 bits per heavy atom. The Morgan fingerprint density at radius 3 is 3.16 bits per heavy atom. The number of rotatable bonds is 3. The first-order chi connectivity index (χ1) is 9.29. The molecule has 0 N–H and O–H groups in total. The molecule has 0 unspecified atom stereocenters. The highest BCUT2D eigenvalue weighted by Gasteiger charge is 2.17. The topological polar surface area (TPSA) is 31.4 Å². The third-order valence-electron chi connectivity index (χ3n) is 3.28. The van der Waals surface area contributed by atoms with Crippen LogP contribution in [0.1, 0.15) is 24.6 Å². The molecule has 1 aromatic carbocycles. The number of pyridine rings is 1. The fraction of sp³-hybridized carbons (Fsp3) is 0.400. The quantitative estimate of drug-likeness (QED) is 0.856. The zero-order valence-electron chi connectivity index (χ0n) is 10.9. The summed E-state index contributed by atoms with van der Waals surface area (Å²) in [7, 11) is 0. The average Bonchev–Trinajstić information content (AvgIpc) is 2.46. The Hall–Kier alpha value is -1.32. The van der Waals surface area contributed by atoms with Gasteiger partial charge in [-0.15, -0.1) is 0 Å². The van der Waals surface area contributed by atoms with Crippen LogP contribution in [-0.2, 0) is 17.8 Å². The first-order valence-electron chi connectivity index (χ1n) is 6.61. The van der Waals surface area contributed by atoms with Crippen LogP contribution in [0.3, 0.4) is 0 Å². The molecule has 3 rings (SSSR count). The van der Waals surface area contributed by atoms with Crippen molar-refractivity contribution >= 4 is 22.5 Å². The Bertz CT molecular complexity index is 613. The highest BCUT2D eigenvalue weighted by atomic mass is 35.5. The van der Waals surface area contributed by atoms with Gasteiger partial charge in [0.15, 0.2) is 0 Å². The van der Waals surface area contributed by atoms with Gasteiger partial charge < -0.3 is 9.47 Å². The molecular weight excluding hydrogens is 262 g/mol. The minimum absolute atomic E-state index is 0.553. The largest absolute Gasteiger partial charge is 0.494 e. The van der Waals surface area contributed by atoms with Gasteiger partial charge in [0.1, 0.15) is 5.75 Å². The number of hydrogen-bond donors (Lipinski definition) is 0. The first kappa shape index (κ1) is 12.7. The van der Waals surface area contributed by atoms with Gasteiger partial charge in [-0.25, -0.2) is 0 Å². The molecule has 0 atom stereocenters. The van der Waals surface area contributed by atoms with E-state index in [4.69, 9.17) is 21.1 Å². The fourth-order valence-corrected chi connectivity index (χ4v) is 2.61. The second kappa shape index (κ2) is 5.35. The summed E-state index contributed by atoms with van der Waals surface area (Å²) in [5, 5.41) is 1.70. The van der Waals surface area contributed by atoms with Crippen molar-refractivity contribution in [1.29, 1.82) is 0 Å². The molecule has 100 valence electrons. The minimum Gasteiger partial charge on any atom is -0.494 e. The number of fused-ring (bicyclic) bond motifs is 2. The molecule has 0 saturated carbocycles. The van der Waals surface area contributed by atoms with Gasteiger partial charge in [-0.2, -0.15) is 0 Å². The molecule has 3 nitrogen and oxygen atoms in total. The maximum atomic E-state index is 6.49. The molecule has 2 heterocycles. The fourth-order valence-electron chi connectivity index (χ4n) is 2.30. The van der Waals surface area contributed by atoms with Crippen molar-refractivity contribution in [1.82, 2.24) is 4.98 Å². The normalized spacial score (nSPS) is 14.4. The molecule has 4 heteroatoms. The van der Waals surface area contributed by atoms with E-state index < -0.39 is 0 Å². The number of nitrogens with zero attached hydrogens (tertiary/aromatic N) is 1. The average molecular weight is 278 g/mol. The molecule has 2 aromatic rings. The van der Waals surface area contributed by atoms with Crippen molar-refractivity contribution in [3.8, 4) is 5.75 Å². The summed E-state index contributed by atoms with van der Waals surface area (Å²) in [5.74, 6) is 0.842. The number of hydrogen-bond acceptors (Lipinski definition) is 3. The van der Waals surface area contributed by atoms with Crippen molar-refractivity contribution in [3.05, 3.63) is 34.5 Å². The van der Waals surface area contributed by atoms with E-state index in [1.54, 1.807) is 0 Å². The third kappa shape index (κ3) is 2.40. The summed E-state index contributed by atoms with van der Waals surface area (Å²) < 4.78 is 11.1. The summed E-state index contributed by atoms with van der Waals surface area (Å²) in [5.41, 5.74) is 3.01. The minimum atomic E-state index is 0.553. The summed E-state index contributed by atoms with van der Waals surface area (Å²) in [6, 6.07) is 5.89. The molecule has 0 amide bonds. The van der Waals surface area contributed by atoms with Crippen molar-refractivity contribution in [3.63, 3.8) is 0 Å². The van der Waals surface area contributed by atoms with Crippen LogP contribution in [0.4, 0.5) is 0 Å². The van der Waals surface area contributed by atoms with Gasteiger partial charge in [0.05, 0.1) is 36.1 Å². The highest BCUT2D eigenvalue weighted by Crippen LogP contribution is 2.33. The molecular formula is C15H16ClNO2. The van der Waals surface area contributed by atoms with Crippen molar-refractivity contribution in [2.24, 2.45) is 0 Å². The van der Waals surface area contributed by atoms with Gasteiger partial charge in [-0.05, 0) is 24.6 Å². The zero-order valence-corrected chi connectivity index (χ0v) is 11.7. The maximum Gasteiger partial charge on any atom is 0.120 e. The van der Waals surface area contributed by atoms with E-state index in [-0.39, 0.29) is 0 Å². The second-order valence-electron chi connectivity index (χ2n) is 4.68. The Kier molecular flexibility index (Phi) is 3.58. The lowest BCUT2D eigenvalue weighted by Gasteiger charge is -2.18. The smallest absolute Gasteiger partial charge is 0.120 e. The van der Waals surface area contributed by atoms with E-state index in [1.807, 2.05) is 18.2 Å². The van der Waals surface area contributed by atoms with Crippen LogP contribution >= 0.6 is 11.6 Å². The monoisotopic (exact) mass is 277 g/mol. The van der Waals surface area contributed by atoms with Crippen LogP contribution in [0.5, 0.6) is 5.75 Å². The number of aromatic nitrogens is 1. The van der Waals surface area contributed by atoms with Crippen LogP contribution in [-0.4, -0.2) is 18.2 Å². The SMILES string of the molecule is CCCOc1ccc2nc3c(c(Cl)c2c1)COCC3. The summed E-state index contributed by atoms with van der Waals surface area (Å²) in [6.45, 7) is 4.07. The molecule has 0 bridgehead atoms. The lowest BCUT2D eigenvalue weighted by Crippen LogP contribution is -2.12. The van der Waals surface area contributed by atoms with Gasteiger partial charge in [0.25, 0.3) is 0 Å². The van der Waals surface area contributed by atoms with E-state index in [0.717, 1.165) is 52.4 Å². The third-order valence-corrected chi connectivity index (χ3v) is 3.71. The first-order valence-corrected chi connectivity index (χ1v) is 6.99. The Morgan fingerprint density at radius 1 is 1.42 bits per heavy atom. The molecule has 0 radical (unpaired) electrons. The summed E-state index contributed by atoms with van der Waals surface area (Å²) in [6.07, 6.45) is 1.82. The van der Waals surface area contributed by atoms with Gasteiger partial charge >= 0.3 is 0 Å². The van der Waals surface area contributed by atoms with E-state index in [2.05, 4.69) is 11.9 Å². The molecule has 0 fully saturated rings. The molecule has 1 aliphatic heterocycles. The van der Waals surface area contributed by atoms with E-state index in [9.17, 15) is 0 Å². The van der Waals surface area contributed by atoms with Gasteiger partial charge in [0, 0.05) is 17.4 Å². The van der Waals surface area contributed by atoms with Crippen molar-refractivity contribution in [2.75, 3.05) is 13.2 Å². The van der Waals surface area contributed by atoms with Crippen LogP contribution in [0.25, 0.3) is 10.9 Å². The highest BCUT2D eigenvalue weighted by molar-refractivity contribution is 6.36. The predicted octanol–water partition coefficient (Wildman–Crippen LogP) is 3.75. The Labute approximate surface area is 117 Å². The van der Waals surface area contributed by atoms with E-state index in [0.29, 0.717) is 13.2 Å². The van der Waals surface area contributed by atoms with Crippen molar-refractivity contribution < 1.29 is 9.47 Å². The van der Waals surface area contributed by atoms with Crippen LogP contribution < -0.4 is 4.74 Å². The summed E-state index contributed by atoms with van der Waals surface area (Å²) >= 11 is 6.49. The lowest BCUT2D eigenvalue weighted by atomic mass is 10.1. The molecule has 0 spiro atoms. The van der Waals surface area contributed by atoms with Crippen LogP contribution in [0.15, 0.2) is 18.2 Å². The van der Waals surface area contributed by atoms with Gasteiger partial charge in [0.2, 0.25) is 0 Å². The van der Waals surface area contributed by atoms with Crippen LogP contribution in [0.2, 0.25) is 5.02 Å². The number of halogens is 1.